The lowest BCUT2D eigenvalue weighted by molar-refractivity contribution is -0.0270. The lowest BCUT2D eigenvalue weighted by Gasteiger charge is -2.33. The average Bonchev–Trinajstić information content (AvgIpc) is 2.33. The van der Waals surface area contributed by atoms with E-state index in [0.717, 1.165) is 12.1 Å². The second kappa shape index (κ2) is 4.65. The summed E-state index contributed by atoms with van der Waals surface area (Å²) in [5.41, 5.74) is 0.128. The second-order valence-electron chi connectivity index (χ2n) is 3.63. The number of rotatable bonds is 1. The van der Waals surface area contributed by atoms with E-state index in [1.54, 1.807) is 12.1 Å². The van der Waals surface area contributed by atoms with Crippen molar-refractivity contribution in [2.24, 2.45) is 0 Å². The predicted molar refractivity (Wildman–Crippen MR) is 65.8 cm³/mol. The predicted octanol–water partition coefficient (Wildman–Crippen LogP) is 2.44. The Morgan fingerprint density at radius 2 is 2.19 bits per heavy atom. The third-order valence-electron chi connectivity index (χ3n) is 2.62. The molecule has 1 saturated heterocycles. The van der Waals surface area contributed by atoms with Gasteiger partial charge >= 0.3 is 0 Å². The van der Waals surface area contributed by atoms with Crippen LogP contribution in [0.25, 0.3) is 0 Å². The van der Waals surface area contributed by atoms with Crippen molar-refractivity contribution in [1.82, 2.24) is 5.32 Å². The maximum atomic E-state index is 5.98. The molecule has 84 valence electrons. The van der Waals surface area contributed by atoms with Crippen molar-refractivity contribution in [3.8, 4) is 12.3 Å². The van der Waals surface area contributed by atoms with Crippen molar-refractivity contribution in [1.29, 1.82) is 0 Å². The van der Waals surface area contributed by atoms with Crippen LogP contribution in [-0.2, 0) is 10.3 Å². The van der Waals surface area contributed by atoms with E-state index >= 15 is 0 Å². The van der Waals surface area contributed by atoms with Gasteiger partial charge in [0.15, 0.2) is 5.60 Å². The van der Waals surface area contributed by atoms with Crippen molar-refractivity contribution in [3.63, 3.8) is 0 Å². The topological polar surface area (TPSA) is 21.3 Å². The van der Waals surface area contributed by atoms with Gasteiger partial charge in [-0.1, -0.05) is 35.2 Å². The third-order valence-corrected chi connectivity index (χ3v) is 3.36. The first-order valence-electron chi connectivity index (χ1n) is 4.96. The summed E-state index contributed by atoms with van der Waals surface area (Å²) in [6, 6.07) is 5.34. The van der Waals surface area contributed by atoms with Gasteiger partial charge in [-0.3, -0.25) is 0 Å². The van der Waals surface area contributed by atoms with Crippen LogP contribution in [0.1, 0.15) is 5.56 Å². The standard InChI is InChI=1S/C12H11Cl2NO/c1-2-12(8-15-5-6-16-12)9-3-4-10(13)11(14)7-9/h1,3-4,7,15H,5-6,8H2. The highest BCUT2D eigenvalue weighted by molar-refractivity contribution is 6.42. The maximum Gasteiger partial charge on any atom is 0.166 e. The number of morpholine rings is 1. The zero-order chi connectivity index (χ0) is 11.6. The van der Waals surface area contributed by atoms with Crippen molar-refractivity contribution in [2.75, 3.05) is 19.7 Å². The molecule has 1 aliphatic rings. The van der Waals surface area contributed by atoms with Crippen LogP contribution in [0.5, 0.6) is 0 Å². The molecule has 0 amide bonds. The van der Waals surface area contributed by atoms with Gasteiger partial charge in [-0.05, 0) is 17.7 Å². The molecule has 1 unspecified atom stereocenters. The Bertz CT molecular complexity index is 433. The van der Waals surface area contributed by atoms with E-state index < -0.39 is 5.60 Å². The number of nitrogens with one attached hydrogen (secondary N) is 1. The summed E-state index contributed by atoms with van der Waals surface area (Å²) in [6.07, 6.45) is 5.57. The van der Waals surface area contributed by atoms with Crippen LogP contribution in [-0.4, -0.2) is 19.7 Å². The normalized spacial score (nSPS) is 25.1. The molecule has 1 aromatic carbocycles. The SMILES string of the molecule is C#CC1(c2ccc(Cl)c(Cl)c2)CNCCO1. The summed E-state index contributed by atoms with van der Waals surface area (Å²) < 4.78 is 5.70. The van der Waals surface area contributed by atoms with Crippen LogP contribution in [0, 0.1) is 12.3 Å². The zero-order valence-electron chi connectivity index (χ0n) is 8.59. The van der Waals surface area contributed by atoms with Crippen LogP contribution in [0.15, 0.2) is 18.2 Å². The van der Waals surface area contributed by atoms with Gasteiger partial charge in [0.1, 0.15) is 0 Å². The molecule has 2 rings (SSSR count). The molecular formula is C12H11Cl2NO. The molecule has 1 fully saturated rings. The van der Waals surface area contributed by atoms with Crippen molar-refractivity contribution in [2.45, 2.75) is 5.60 Å². The summed E-state index contributed by atoms with van der Waals surface area (Å²) >= 11 is 11.8. The first-order valence-corrected chi connectivity index (χ1v) is 5.71. The highest BCUT2D eigenvalue weighted by atomic mass is 35.5. The molecule has 16 heavy (non-hydrogen) atoms. The molecule has 1 aliphatic heterocycles. The van der Waals surface area contributed by atoms with Crippen molar-refractivity contribution >= 4 is 23.2 Å². The summed E-state index contributed by atoms with van der Waals surface area (Å²) in [7, 11) is 0. The number of hydrogen-bond donors (Lipinski definition) is 1. The first kappa shape index (κ1) is 11.8. The Morgan fingerprint density at radius 1 is 1.38 bits per heavy atom. The fourth-order valence-electron chi connectivity index (χ4n) is 1.72. The lowest BCUT2D eigenvalue weighted by Crippen LogP contribution is -2.46. The Kier molecular flexibility index (Phi) is 3.41. The molecule has 0 aromatic heterocycles. The van der Waals surface area contributed by atoms with E-state index in [2.05, 4.69) is 11.2 Å². The highest BCUT2D eigenvalue weighted by Crippen LogP contribution is 2.31. The molecule has 1 aromatic rings. The fourth-order valence-corrected chi connectivity index (χ4v) is 2.02. The molecule has 0 bridgehead atoms. The second-order valence-corrected chi connectivity index (χ2v) is 4.44. The first-order chi connectivity index (χ1) is 7.68. The molecule has 0 saturated carbocycles. The average molecular weight is 256 g/mol. The monoisotopic (exact) mass is 255 g/mol. The van der Waals surface area contributed by atoms with E-state index in [1.165, 1.54) is 0 Å². The molecule has 1 heterocycles. The van der Waals surface area contributed by atoms with E-state index in [9.17, 15) is 0 Å². The quantitative estimate of drug-likeness (QED) is 0.779. The molecular weight excluding hydrogens is 245 g/mol. The Hall–Kier alpha value is -0.720. The molecule has 0 radical (unpaired) electrons. The number of hydrogen-bond acceptors (Lipinski definition) is 2. The minimum atomic E-state index is -0.730. The molecule has 4 heteroatoms. The Balaban J connectivity index is 2.40. The van der Waals surface area contributed by atoms with Crippen LogP contribution in [0.3, 0.4) is 0 Å². The number of halogens is 2. The minimum Gasteiger partial charge on any atom is -0.355 e. The van der Waals surface area contributed by atoms with Crippen LogP contribution < -0.4 is 5.32 Å². The maximum absolute atomic E-state index is 5.98. The summed E-state index contributed by atoms with van der Waals surface area (Å²) in [4.78, 5) is 0. The lowest BCUT2D eigenvalue weighted by atomic mass is 9.93. The molecule has 1 atom stereocenters. The summed E-state index contributed by atoms with van der Waals surface area (Å²) in [5, 5.41) is 4.22. The minimum absolute atomic E-state index is 0.489. The largest absolute Gasteiger partial charge is 0.355 e. The number of benzene rings is 1. The molecule has 0 aliphatic carbocycles. The third kappa shape index (κ3) is 2.05. The van der Waals surface area contributed by atoms with Gasteiger partial charge in [0, 0.05) is 13.1 Å². The van der Waals surface area contributed by atoms with E-state index in [1.807, 2.05) is 6.07 Å². The summed E-state index contributed by atoms with van der Waals surface area (Å²) in [6.45, 7) is 1.98. The van der Waals surface area contributed by atoms with Gasteiger partial charge in [-0.25, -0.2) is 0 Å². The van der Waals surface area contributed by atoms with Crippen LogP contribution in [0.4, 0.5) is 0 Å². The van der Waals surface area contributed by atoms with Gasteiger partial charge in [0.2, 0.25) is 0 Å². The van der Waals surface area contributed by atoms with E-state index in [4.69, 9.17) is 34.4 Å². The van der Waals surface area contributed by atoms with E-state index in [-0.39, 0.29) is 0 Å². The summed E-state index contributed by atoms with van der Waals surface area (Å²) in [5.74, 6) is 2.69. The van der Waals surface area contributed by atoms with Gasteiger partial charge < -0.3 is 10.1 Å². The van der Waals surface area contributed by atoms with Crippen molar-refractivity contribution in [3.05, 3.63) is 33.8 Å². The van der Waals surface area contributed by atoms with E-state index in [0.29, 0.717) is 23.2 Å². The number of ether oxygens (including phenoxy) is 1. The van der Waals surface area contributed by atoms with Gasteiger partial charge in [0.05, 0.1) is 16.7 Å². The van der Waals surface area contributed by atoms with Gasteiger partial charge in [0.25, 0.3) is 0 Å². The van der Waals surface area contributed by atoms with Gasteiger partial charge in [-0.15, -0.1) is 6.42 Å². The zero-order valence-corrected chi connectivity index (χ0v) is 10.1. The highest BCUT2D eigenvalue weighted by Gasteiger charge is 2.33. The van der Waals surface area contributed by atoms with Crippen molar-refractivity contribution < 1.29 is 4.74 Å². The smallest absolute Gasteiger partial charge is 0.166 e. The Labute approximate surface area is 105 Å². The van der Waals surface area contributed by atoms with Crippen LogP contribution in [0.2, 0.25) is 10.0 Å². The fraction of sp³-hybridized carbons (Fsp3) is 0.333. The molecule has 0 spiro atoms. The molecule has 1 N–H and O–H groups in total. The number of terminal acetylenes is 1. The Morgan fingerprint density at radius 3 is 2.75 bits per heavy atom. The van der Waals surface area contributed by atoms with Crippen LogP contribution >= 0.6 is 23.2 Å². The van der Waals surface area contributed by atoms with Gasteiger partial charge in [-0.2, -0.15) is 0 Å². The molecule has 2 nitrogen and oxygen atoms in total.